The summed E-state index contributed by atoms with van der Waals surface area (Å²) < 4.78 is 5.54. The number of hydrazone groups is 1. The molecule has 1 atom stereocenters. The fraction of sp³-hybridized carbons (Fsp3) is 0.387. The van der Waals surface area contributed by atoms with Gasteiger partial charge >= 0.3 is 6.09 Å². The smallest absolute Gasteiger partial charge is 0.410 e. The molecule has 39 heavy (non-hydrogen) atoms. The molecule has 2 aromatic carbocycles. The van der Waals surface area contributed by atoms with Crippen molar-refractivity contribution in [1.82, 2.24) is 9.88 Å². The lowest BCUT2D eigenvalue weighted by Crippen LogP contribution is -2.41. The van der Waals surface area contributed by atoms with Crippen LogP contribution in [0.1, 0.15) is 79.3 Å². The zero-order chi connectivity index (χ0) is 27.9. The Morgan fingerprint density at radius 3 is 2.36 bits per heavy atom. The van der Waals surface area contributed by atoms with Gasteiger partial charge in [-0.3, -0.25) is 4.98 Å². The summed E-state index contributed by atoms with van der Waals surface area (Å²) in [5.41, 5.74) is 6.84. The van der Waals surface area contributed by atoms with Gasteiger partial charge in [0.25, 0.3) is 0 Å². The zero-order valence-corrected chi connectivity index (χ0v) is 23.9. The first-order chi connectivity index (χ1) is 18.5. The number of nitrogens with zero attached hydrogens (tertiary/aromatic N) is 4. The van der Waals surface area contributed by atoms with Gasteiger partial charge < -0.3 is 14.7 Å². The van der Waals surface area contributed by atoms with Crippen molar-refractivity contribution in [3.8, 4) is 0 Å². The molecule has 204 valence electrons. The summed E-state index contributed by atoms with van der Waals surface area (Å²) in [7, 11) is 0. The molecule has 7 nitrogen and oxygen atoms in total. The van der Waals surface area contributed by atoms with Crippen LogP contribution in [0, 0.1) is 13.8 Å². The first kappa shape index (κ1) is 27.2. The van der Waals surface area contributed by atoms with Crippen LogP contribution < -0.4 is 5.01 Å². The number of fused-ring (bicyclic) bond motifs is 1. The number of hydrogen-bond acceptors (Lipinski definition) is 6. The number of ether oxygens (including phenoxy) is 1. The fourth-order valence-electron chi connectivity index (χ4n) is 5.11. The Bertz CT molecular complexity index is 1410. The molecule has 2 aliphatic rings. The van der Waals surface area contributed by atoms with E-state index in [0.29, 0.717) is 18.1 Å². The minimum atomic E-state index is -0.945. The molecule has 1 fully saturated rings. The van der Waals surface area contributed by atoms with Crippen molar-refractivity contribution in [2.24, 2.45) is 5.10 Å². The molecule has 5 rings (SSSR count). The fourth-order valence-corrected chi connectivity index (χ4v) is 5.24. The SMILES string of the molecule is Cc1cc2c(cc1C)C(O)N(c1ccnc(C3CCN(C(=O)OC(C)(C)C)CC3)c1)N=C2c1ccc(Cl)cc1. The van der Waals surface area contributed by atoms with E-state index in [1.807, 2.05) is 63.2 Å². The van der Waals surface area contributed by atoms with Gasteiger partial charge in [-0.15, -0.1) is 0 Å². The van der Waals surface area contributed by atoms with Gasteiger partial charge in [0.1, 0.15) is 5.60 Å². The summed E-state index contributed by atoms with van der Waals surface area (Å²) in [6.45, 7) is 11.0. The molecular weight excluding hydrogens is 512 g/mol. The van der Waals surface area contributed by atoms with Crippen LogP contribution in [0.2, 0.25) is 5.02 Å². The second-order valence-corrected chi connectivity index (χ2v) is 11.8. The molecule has 0 spiro atoms. The maximum absolute atomic E-state index is 12.5. The van der Waals surface area contributed by atoms with Gasteiger partial charge in [-0.1, -0.05) is 29.8 Å². The average Bonchev–Trinajstić information content (AvgIpc) is 2.90. The Balaban J connectivity index is 1.44. The Kier molecular flexibility index (Phi) is 7.40. The topological polar surface area (TPSA) is 78.3 Å². The number of pyridine rings is 1. The van der Waals surface area contributed by atoms with Crippen LogP contribution in [0.4, 0.5) is 10.5 Å². The second kappa shape index (κ2) is 10.6. The molecule has 3 aromatic rings. The van der Waals surface area contributed by atoms with Crippen LogP contribution in [0.5, 0.6) is 0 Å². The number of rotatable bonds is 3. The van der Waals surface area contributed by atoms with Crippen molar-refractivity contribution in [1.29, 1.82) is 0 Å². The van der Waals surface area contributed by atoms with Crippen LogP contribution in [0.3, 0.4) is 0 Å². The molecule has 1 aromatic heterocycles. The van der Waals surface area contributed by atoms with Gasteiger partial charge in [0, 0.05) is 52.6 Å². The number of amides is 1. The lowest BCUT2D eigenvalue weighted by atomic mass is 9.91. The summed E-state index contributed by atoms with van der Waals surface area (Å²) in [5.74, 6) is 0.197. The number of aryl methyl sites for hydroxylation is 2. The van der Waals surface area contributed by atoms with E-state index in [-0.39, 0.29) is 12.0 Å². The maximum atomic E-state index is 12.5. The van der Waals surface area contributed by atoms with E-state index >= 15 is 0 Å². The molecule has 2 aliphatic heterocycles. The van der Waals surface area contributed by atoms with Crippen molar-refractivity contribution < 1.29 is 14.6 Å². The third kappa shape index (κ3) is 5.80. The van der Waals surface area contributed by atoms with Gasteiger partial charge in [-0.05, 0) is 88.9 Å². The van der Waals surface area contributed by atoms with E-state index in [1.54, 1.807) is 16.1 Å². The molecule has 0 bridgehead atoms. The third-order valence-corrected chi connectivity index (χ3v) is 7.60. The van der Waals surface area contributed by atoms with Gasteiger partial charge in [-0.2, -0.15) is 5.10 Å². The third-order valence-electron chi connectivity index (χ3n) is 7.35. The quantitative estimate of drug-likeness (QED) is 0.394. The highest BCUT2D eigenvalue weighted by atomic mass is 35.5. The molecule has 1 unspecified atom stereocenters. The van der Waals surface area contributed by atoms with Crippen LogP contribution in [-0.4, -0.2) is 45.5 Å². The largest absolute Gasteiger partial charge is 0.444 e. The summed E-state index contributed by atoms with van der Waals surface area (Å²) in [4.78, 5) is 18.9. The van der Waals surface area contributed by atoms with Crippen molar-refractivity contribution in [3.05, 3.63) is 93.3 Å². The van der Waals surface area contributed by atoms with Crippen molar-refractivity contribution in [3.63, 3.8) is 0 Å². The molecule has 1 saturated heterocycles. The summed E-state index contributed by atoms with van der Waals surface area (Å²) in [6, 6.07) is 15.6. The number of aliphatic hydroxyl groups excluding tert-OH is 1. The van der Waals surface area contributed by atoms with Crippen molar-refractivity contribution >= 4 is 29.1 Å². The normalized spacial score (nSPS) is 18.0. The number of benzene rings is 2. The van der Waals surface area contributed by atoms with Gasteiger partial charge in [-0.25, -0.2) is 9.80 Å². The molecule has 1 amide bonds. The number of piperidine rings is 1. The molecule has 3 heterocycles. The van der Waals surface area contributed by atoms with E-state index in [9.17, 15) is 9.90 Å². The molecule has 0 saturated carbocycles. The predicted molar refractivity (Wildman–Crippen MR) is 154 cm³/mol. The van der Waals surface area contributed by atoms with Crippen LogP contribution in [-0.2, 0) is 4.74 Å². The predicted octanol–water partition coefficient (Wildman–Crippen LogP) is 6.73. The molecule has 0 aliphatic carbocycles. The standard InChI is InChI=1S/C31H35ClN4O3/c1-19-16-25-26(17-20(19)2)29(37)36(34-28(25)22-6-8-23(32)9-7-22)24-10-13-33-27(18-24)21-11-14-35(15-12-21)30(38)39-31(3,4)5/h6-10,13,16-18,21,29,37H,11-12,14-15H2,1-5H3. The maximum Gasteiger partial charge on any atom is 0.410 e. The van der Waals surface area contributed by atoms with E-state index in [1.165, 1.54) is 0 Å². The number of carbonyl (C=O) groups excluding carboxylic acids is 1. The zero-order valence-electron chi connectivity index (χ0n) is 23.1. The first-order valence-corrected chi connectivity index (χ1v) is 13.8. The Hall–Kier alpha value is -3.42. The van der Waals surface area contributed by atoms with Crippen LogP contribution in [0.25, 0.3) is 0 Å². The monoisotopic (exact) mass is 546 g/mol. The van der Waals surface area contributed by atoms with Crippen molar-refractivity contribution in [2.45, 2.75) is 65.2 Å². The molecule has 0 radical (unpaired) electrons. The molecule has 1 N–H and O–H groups in total. The van der Waals surface area contributed by atoms with E-state index in [0.717, 1.165) is 57.8 Å². The number of carbonyl (C=O) groups is 1. The van der Waals surface area contributed by atoms with Crippen LogP contribution in [0.15, 0.2) is 59.8 Å². The van der Waals surface area contributed by atoms with E-state index < -0.39 is 11.8 Å². The second-order valence-electron chi connectivity index (χ2n) is 11.4. The summed E-state index contributed by atoms with van der Waals surface area (Å²) in [6.07, 6.45) is 2.13. The number of halogens is 1. The average molecular weight is 547 g/mol. The van der Waals surface area contributed by atoms with Crippen LogP contribution >= 0.6 is 11.6 Å². The first-order valence-electron chi connectivity index (χ1n) is 13.4. The van der Waals surface area contributed by atoms with Gasteiger partial charge in [0.15, 0.2) is 6.23 Å². The Morgan fingerprint density at radius 1 is 1.03 bits per heavy atom. The number of anilines is 1. The minimum Gasteiger partial charge on any atom is -0.444 e. The van der Waals surface area contributed by atoms with Gasteiger partial charge in [0.2, 0.25) is 0 Å². The highest BCUT2D eigenvalue weighted by Gasteiger charge is 2.32. The Labute approximate surface area is 235 Å². The Morgan fingerprint density at radius 2 is 1.69 bits per heavy atom. The highest BCUT2D eigenvalue weighted by Crippen LogP contribution is 2.37. The van der Waals surface area contributed by atoms with E-state index in [2.05, 4.69) is 24.9 Å². The molecular formula is C31H35ClN4O3. The van der Waals surface area contributed by atoms with Crippen molar-refractivity contribution in [2.75, 3.05) is 18.1 Å². The number of hydrogen-bond donors (Lipinski definition) is 1. The lowest BCUT2D eigenvalue weighted by molar-refractivity contribution is 0.0204. The number of aromatic nitrogens is 1. The number of likely N-dealkylation sites (tertiary alicyclic amines) is 1. The highest BCUT2D eigenvalue weighted by molar-refractivity contribution is 6.30. The van der Waals surface area contributed by atoms with Gasteiger partial charge in [0.05, 0.1) is 11.4 Å². The summed E-state index contributed by atoms with van der Waals surface area (Å²) >= 11 is 6.16. The minimum absolute atomic E-state index is 0.197. The summed E-state index contributed by atoms with van der Waals surface area (Å²) in [5, 5.41) is 18.8. The lowest BCUT2D eigenvalue weighted by Gasteiger charge is -2.34. The number of aliphatic hydroxyl groups is 1. The van der Waals surface area contributed by atoms with E-state index in [4.69, 9.17) is 21.4 Å². The molecule has 8 heteroatoms.